The first-order valence-electron chi connectivity index (χ1n) is 1.71. The Morgan fingerprint density at radius 3 is 2.50 bits per heavy atom. The maximum atomic E-state index is 4.82. The number of rotatable bonds is 1. The van der Waals surface area contributed by atoms with Gasteiger partial charge in [0.1, 0.15) is 0 Å². The molecule has 0 fully saturated rings. The maximum Gasteiger partial charge on any atom is 0.0195 e. The Hall–Kier alpha value is -0.290. The van der Waals surface area contributed by atoms with Crippen LogP contribution in [0.15, 0.2) is 0 Å². The van der Waals surface area contributed by atoms with Gasteiger partial charge in [0.2, 0.25) is 0 Å². The van der Waals surface area contributed by atoms with Crippen LogP contribution in [0.5, 0.6) is 0 Å². The minimum Gasteiger partial charge on any atom is -0.359 e. The summed E-state index contributed by atoms with van der Waals surface area (Å²) in [5, 5.41) is 0. The molecule has 34 valence electrons. The molecule has 0 aliphatic carbocycles. The minimum absolute atomic E-state index is 0.791. The SMILES string of the molecule is NC#CCCS. The largest absolute Gasteiger partial charge is 0.359 e. The monoisotopic (exact) mass is 101 g/mol. The molecule has 2 heteroatoms. The highest BCUT2D eigenvalue weighted by Gasteiger charge is 1.64. The molecule has 0 aliphatic heterocycles. The van der Waals surface area contributed by atoms with Gasteiger partial charge < -0.3 is 5.73 Å². The van der Waals surface area contributed by atoms with Crippen molar-refractivity contribution in [2.75, 3.05) is 5.75 Å². The summed E-state index contributed by atoms with van der Waals surface area (Å²) in [6.07, 6.45) is 0.791. The standard InChI is InChI=1S/C4H7NS/c5-3-1-2-4-6/h6H,2,4-5H2. The van der Waals surface area contributed by atoms with E-state index in [9.17, 15) is 0 Å². The van der Waals surface area contributed by atoms with Crippen molar-refractivity contribution in [2.24, 2.45) is 5.73 Å². The van der Waals surface area contributed by atoms with Crippen LogP contribution in [0.4, 0.5) is 0 Å². The van der Waals surface area contributed by atoms with Gasteiger partial charge in [0.05, 0.1) is 0 Å². The molecule has 0 unspecified atom stereocenters. The maximum absolute atomic E-state index is 4.82. The van der Waals surface area contributed by atoms with Crippen LogP contribution in [0, 0.1) is 12.0 Å². The molecule has 0 rings (SSSR count). The lowest BCUT2D eigenvalue weighted by Crippen LogP contribution is -1.76. The van der Waals surface area contributed by atoms with Gasteiger partial charge in [0, 0.05) is 18.2 Å². The first-order chi connectivity index (χ1) is 2.91. The van der Waals surface area contributed by atoms with E-state index in [1.54, 1.807) is 0 Å². The zero-order valence-electron chi connectivity index (χ0n) is 3.44. The molecule has 0 saturated heterocycles. The summed E-state index contributed by atoms with van der Waals surface area (Å²) in [6.45, 7) is 0. The van der Waals surface area contributed by atoms with Gasteiger partial charge in [-0.05, 0) is 0 Å². The van der Waals surface area contributed by atoms with Gasteiger partial charge in [-0.1, -0.05) is 5.92 Å². The van der Waals surface area contributed by atoms with E-state index in [0.717, 1.165) is 12.2 Å². The van der Waals surface area contributed by atoms with Crippen LogP contribution < -0.4 is 5.73 Å². The van der Waals surface area contributed by atoms with Gasteiger partial charge in [0.25, 0.3) is 0 Å². The highest BCUT2D eigenvalue weighted by molar-refractivity contribution is 7.80. The Labute approximate surface area is 43.3 Å². The third kappa shape index (κ3) is 3.71. The Kier molecular flexibility index (Phi) is 4.48. The Bertz CT molecular complexity index is 69.4. The molecular weight excluding hydrogens is 94.1 g/mol. The van der Waals surface area contributed by atoms with Crippen molar-refractivity contribution in [3.63, 3.8) is 0 Å². The lowest BCUT2D eigenvalue weighted by Gasteiger charge is -1.71. The Balaban J connectivity index is 2.79. The first kappa shape index (κ1) is 5.71. The van der Waals surface area contributed by atoms with Crippen molar-refractivity contribution in [1.29, 1.82) is 0 Å². The van der Waals surface area contributed by atoms with E-state index in [0.29, 0.717) is 0 Å². The lowest BCUT2D eigenvalue weighted by molar-refractivity contribution is 1.31. The van der Waals surface area contributed by atoms with Gasteiger partial charge in [-0.3, -0.25) is 0 Å². The Morgan fingerprint density at radius 1 is 1.67 bits per heavy atom. The summed E-state index contributed by atoms with van der Waals surface area (Å²) in [5.74, 6) is 3.45. The molecule has 1 nitrogen and oxygen atoms in total. The molecule has 0 aliphatic rings. The molecule has 0 radical (unpaired) electrons. The molecule has 0 atom stereocenters. The average molecular weight is 101 g/mol. The summed E-state index contributed by atoms with van der Waals surface area (Å²) in [4.78, 5) is 0. The summed E-state index contributed by atoms with van der Waals surface area (Å²) < 4.78 is 0. The predicted octanol–water partition coefficient (Wildman–Crippen LogP) is 0.226. The molecule has 0 aromatic rings. The molecule has 0 spiro atoms. The minimum atomic E-state index is 0.791. The van der Waals surface area contributed by atoms with E-state index in [1.807, 2.05) is 0 Å². The van der Waals surface area contributed by atoms with Gasteiger partial charge in [0.15, 0.2) is 0 Å². The van der Waals surface area contributed by atoms with Crippen molar-refractivity contribution in [3.05, 3.63) is 0 Å². The van der Waals surface area contributed by atoms with Gasteiger partial charge in [-0.25, -0.2) is 0 Å². The van der Waals surface area contributed by atoms with Gasteiger partial charge in [-0.2, -0.15) is 12.6 Å². The summed E-state index contributed by atoms with van der Waals surface area (Å²) in [7, 11) is 0. The molecule has 2 N–H and O–H groups in total. The molecule has 6 heavy (non-hydrogen) atoms. The molecule has 0 saturated carbocycles. The van der Waals surface area contributed by atoms with Crippen LogP contribution in [0.25, 0.3) is 0 Å². The molecule has 0 amide bonds. The summed E-state index contributed by atoms with van der Waals surface area (Å²) in [6, 6.07) is 2.27. The van der Waals surface area contributed by atoms with E-state index in [1.165, 1.54) is 0 Å². The van der Waals surface area contributed by atoms with Crippen LogP contribution in [-0.4, -0.2) is 5.75 Å². The van der Waals surface area contributed by atoms with Gasteiger partial charge >= 0.3 is 0 Å². The van der Waals surface area contributed by atoms with Crippen LogP contribution >= 0.6 is 12.6 Å². The summed E-state index contributed by atoms with van der Waals surface area (Å²) >= 11 is 3.90. The fourth-order valence-corrected chi connectivity index (χ4v) is 0.240. The Morgan fingerprint density at radius 2 is 2.33 bits per heavy atom. The van der Waals surface area contributed by atoms with E-state index in [-0.39, 0.29) is 0 Å². The number of hydrogen-bond donors (Lipinski definition) is 2. The predicted molar refractivity (Wildman–Crippen MR) is 30.4 cm³/mol. The van der Waals surface area contributed by atoms with Crippen molar-refractivity contribution in [1.82, 2.24) is 0 Å². The highest BCUT2D eigenvalue weighted by atomic mass is 32.1. The average Bonchev–Trinajstić information content (AvgIpc) is 1.61. The fraction of sp³-hybridized carbons (Fsp3) is 0.500. The second kappa shape index (κ2) is 4.71. The lowest BCUT2D eigenvalue weighted by atomic mass is 10.5. The quantitative estimate of drug-likeness (QED) is 0.276. The van der Waals surface area contributed by atoms with E-state index in [4.69, 9.17) is 5.73 Å². The fourth-order valence-electron chi connectivity index (χ4n) is 0.128. The number of hydrogen-bond acceptors (Lipinski definition) is 2. The smallest absolute Gasteiger partial charge is 0.0195 e. The molecule has 0 bridgehead atoms. The van der Waals surface area contributed by atoms with Crippen molar-refractivity contribution >= 4 is 12.6 Å². The van der Waals surface area contributed by atoms with Gasteiger partial charge in [-0.15, -0.1) is 0 Å². The molecular formula is C4H7NS. The normalized spacial score (nSPS) is 6.17. The van der Waals surface area contributed by atoms with E-state index in [2.05, 4.69) is 24.6 Å². The van der Waals surface area contributed by atoms with Crippen LogP contribution in [0.2, 0.25) is 0 Å². The van der Waals surface area contributed by atoms with E-state index < -0.39 is 0 Å². The topological polar surface area (TPSA) is 26.0 Å². The van der Waals surface area contributed by atoms with Crippen LogP contribution in [-0.2, 0) is 0 Å². The third-order valence-electron chi connectivity index (χ3n) is 0.339. The van der Waals surface area contributed by atoms with Crippen molar-refractivity contribution < 1.29 is 0 Å². The summed E-state index contributed by atoms with van der Waals surface area (Å²) in [5.41, 5.74) is 4.82. The van der Waals surface area contributed by atoms with E-state index >= 15 is 0 Å². The zero-order chi connectivity index (χ0) is 4.83. The number of nitrogens with two attached hydrogens (primary N) is 1. The van der Waals surface area contributed by atoms with Crippen molar-refractivity contribution in [3.8, 4) is 12.0 Å². The second-order valence-corrected chi connectivity index (χ2v) is 1.24. The number of thiol groups is 1. The first-order valence-corrected chi connectivity index (χ1v) is 2.34. The van der Waals surface area contributed by atoms with Crippen LogP contribution in [0.3, 0.4) is 0 Å². The highest BCUT2D eigenvalue weighted by Crippen LogP contribution is 1.76. The molecule has 0 heterocycles. The zero-order valence-corrected chi connectivity index (χ0v) is 4.33. The molecule has 0 aromatic carbocycles. The van der Waals surface area contributed by atoms with Crippen molar-refractivity contribution in [2.45, 2.75) is 6.42 Å². The van der Waals surface area contributed by atoms with Crippen LogP contribution in [0.1, 0.15) is 6.42 Å². The third-order valence-corrected chi connectivity index (χ3v) is 0.562. The second-order valence-electron chi connectivity index (χ2n) is 0.795. The molecule has 0 aromatic heterocycles.